The maximum absolute atomic E-state index is 9.86. The number of rotatable bonds is 7. The van der Waals surface area contributed by atoms with Crippen molar-refractivity contribution < 1.29 is 5.11 Å². The third kappa shape index (κ3) is 4.31. The van der Waals surface area contributed by atoms with Gasteiger partial charge in [-0.15, -0.1) is 0 Å². The standard InChI is InChI=1S/C15H26N2O/c1-5-10-17(12-11-16(3)4)15-9-7-6-8-14(15)13(2)18/h6-9,13,18H,5,10-12H2,1-4H3/t13-/m0/s1. The fourth-order valence-electron chi connectivity index (χ4n) is 2.07. The fourth-order valence-corrected chi connectivity index (χ4v) is 2.07. The monoisotopic (exact) mass is 250 g/mol. The van der Waals surface area contributed by atoms with E-state index >= 15 is 0 Å². The smallest absolute Gasteiger partial charge is 0.0781 e. The third-order valence-corrected chi connectivity index (χ3v) is 3.04. The molecule has 1 aromatic carbocycles. The highest BCUT2D eigenvalue weighted by Gasteiger charge is 2.13. The topological polar surface area (TPSA) is 26.7 Å². The van der Waals surface area contributed by atoms with Crippen LogP contribution in [-0.2, 0) is 0 Å². The molecule has 0 amide bonds. The Morgan fingerprint density at radius 2 is 1.78 bits per heavy atom. The maximum atomic E-state index is 9.86. The van der Waals surface area contributed by atoms with Gasteiger partial charge in [-0.1, -0.05) is 25.1 Å². The van der Waals surface area contributed by atoms with Gasteiger partial charge in [0.25, 0.3) is 0 Å². The van der Waals surface area contributed by atoms with Crippen LogP contribution in [0.25, 0.3) is 0 Å². The van der Waals surface area contributed by atoms with Crippen LogP contribution in [0.4, 0.5) is 5.69 Å². The molecule has 3 heteroatoms. The fraction of sp³-hybridized carbons (Fsp3) is 0.600. The summed E-state index contributed by atoms with van der Waals surface area (Å²) < 4.78 is 0. The first kappa shape index (κ1) is 15.0. The van der Waals surface area contributed by atoms with Gasteiger partial charge in [0.15, 0.2) is 0 Å². The van der Waals surface area contributed by atoms with Crippen molar-refractivity contribution in [2.24, 2.45) is 0 Å². The van der Waals surface area contributed by atoms with E-state index in [1.807, 2.05) is 25.1 Å². The molecule has 0 fully saturated rings. The Morgan fingerprint density at radius 1 is 1.11 bits per heavy atom. The average molecular weight is 250 g/mol. The number of likely N-dealkylation sites (N-methyl/N-ethyl adjacent to an activating group) is 1. The number of hydrogen-bond donors (Lipinski definition) is 1. The van der Waals surface area contributed by atoms with Gasteiger partial charge in [-0.05, 0) is 33.5 Å². The van der Waals surface area contributed by atoms with Crippen LogP contribution in [-0.4, -0.2) is 43.7 Å². The van der Waals surface area contributed by atoms with Crippen molar-refractivity contribution in [3.8, 4) is 0 Å². The van der Waals surface area contributed by atoms with Crippen LogP contribution < -0.4 is 4.90 Å². The summed E-state index contributed by atoms with van der Waals surface area (Å²) in [5.74, 6) is 0. The van der Waals surface area contributed by atoms with Crippen LogP contribution in [0.1, 0.15) is 31.9 Å². The van der Waals surface area contributed by atoms with Gasteiger partial charge in [-0.2, -0.15) is 0 Å². The van der Waals surface area contributed by atoms with E-state index in [1.165, 1.54) is 0 Å². The Kier molecular flexibility index (Phi) is 6.16. The van der Waals surface area contributed by atoms with E-state index in [0.717, 1.165) is 37.3 Å². The summed E-state index contributed by atoms with van der Waals surface area (Å²) in [5.41, 5.74) is 2.18. The molecule has 0 saturated heterocycles. The molecule has 102 valence electrons. The van der Waals surface area contributed by atoms with E-state index in [0.29, 0.717) is 0 Å². The SMILES string of the molecule is CCCN(CCN(C)C)c1ccccc1[C@H](C)O. The van der Waals surface area contributed by atoms with E-state index in [2.05, 4.69) is 36.9 Å². The lowest BCUT2D eigenvalue weighted by atomic mass is 10.1. The highest BCUT2D eigenvalue weighted by Crippen LogP contribution is 2.26. The molecule has 0 radical (unpaired) electrons. The lowest BCUT2D eigenvalue weighted by Gasteiger charge is -2.28. The third-order valence-electron chi connectivity index (χ3n) is 3.04. The number of nitrogens with zero attached hydrogens (tertiary/aromatic N) is 2. The molecule has 3 nitrogen and oxygen atoms in total. The average Bonchev–Trinajstić information content (AvgIpc) is 2.34. The van der Waals surface area contributed by atoms with Crippen LogP contribution in [0.15, 0.2) is 24.3 Å². The summed E-state index contributed by atoms with van der Waals surface area (Å²) in [7, 11) is 4.18. The molecule has 0 spiro atoms. The summed E-state index contributed by atoms with van der Waals surface area (Å²) in [6, 6.07) is 8.15. The number of benzene rings is 1. The number of para-hydroxylation sites is 1. The van der Waals surface area contributed by atoms with Gasteiger partial charge < -0.3 is 14.9 Å². The Bertz CT molecular complexity index is 350. The summed E-state index contributed by atoms with van der Waals surface area (Å²) in [6.07, 6.45) is 0.696. The predicted octanol–water partition coefficient (Wildman–Crippen LogP) is 2.52. The molecule has 1 atom stereocenters. The van der Waals surface area contributed by atoms with Gasteiger partial charge in [-0.3, -0.25) is 0 Å². The van der Waals surface area contributed by atoms with Crippen LogP contribution in [0.5, 0.6) is 0 Å². The first-order chi connectivity index (χ1) is 8.56. The second-order valence-electron chi connectivity index (χ2n) is 5.03. The minimum atomic E-state index is -0.417. The Balaban J connectivity index is 2.90. The highest BCUT2D eigenvalue weighted by atomic mass is 16.3. The molecular weight excluding hydrogens is 224 g/mol. The molecule has 0 heterocycles. The second-order valence-corrected chi connectivity index (χ2v) is 5.03. The van der Waals surface area contributed by atoms with Crippen molar-refractivity contribution in [2.75, 3.05) is 38.6 Å². The van der Waals surface area contributed by atoms with Crippen LogP contribution in [0.2, 0.25) is 0 Å². The van der Waals surface area contributed by atoms with Crippen molar-refractivity contribution in [3.05, 3.63) is 29.8 Å². The largest absolute Gasteiger partial charge is 0.389 e. The zero-order valence-corrected chi connectivity index (χ0v) is 12.1. The van der Waals surface area contributed by atoms with E-state index in [1.54, 1.807) is 0 Å². The molecule has 0 aliphatic rings. The summed E-state index contributed by atoms with van der Waals surface area (Å²) in [4.78, 5) is 4.55. The van der Waals surface area contributed by atoms with Crippen LogP contribution in [0.3, 0.4) is 0 Å². The van der Waals surface area contributed by atoms with E-state index in [4.69, 9.17) is 0 Å². The van der Waals surface area contributed by atoms with Gasteiger partial charge in [0.05, 0.1) is 6.10 Å². The molecular formula is C15H26N2O. The summed E-state index contributed by atoms with van der Waals surface area (Å²) >= 11 is 0. The van der Waals surface area contributed by atoms with Gasteiger partial charge in [0, 0.05) is 30.9 Å². The zero-order chi connectivity index (χ0) is 13.5. The Morgan fingerprint density at radius 3 is 2.33 bits per heavy atom. The Hall–Kier alpha value is -1.06. The highest BCUT2D eigenvalue weighted by molar-refractivity contribution is 5.54. The lowest BCUT2D eigenvalue weighted by molar-refractivity contribution is 0.199. The molecule has 0 aromatic heterocycles. The number of aliphatic hydroxyl groups is 1. The molecule has 1 N–H and O–H groups in total. The Labute approximate surface area is 111 Å². The number of aliphatic hydroxyl groups excluding tert-OH is 1. The van der Waals surface area contributed by atoms with Crippen molar-refractivity contribution in [1.82, 2.24) is 4.90 Å². The molecule has 0 bridgehead atoms. The van der Waals surface area contributed by atoms with Crippen molar-refractivity contribution in [1.29, 1.82) is 0 Å². The normalized spacial score (nSPS) is 12.8. The van der Waals surface area contributed by atoms with E-state index < -0.39 is 6.10 Å². The molecule has 1 aromatic rings. The van der Waals surface area contributed by atoms with Gasteiger partial charge in [0.1, 0.15) is 0 Å². The number of hydrogen-bond acceptors (Lipinski definition) is 3. The molecule has 18 heavy (non-hydrogen) atoms. The quantitative estimate of drug-likeness (QED) is 0.805. The predicted molar refractivity (Wildman–Crippen MR) is 78.1 cm³/mol. The summed E-state index contributed by atoms with van der Waals surface area (Å²) in [5, 5.41) is 9.86. The maximum Gasteiger partial charge on any atom is 0.0781 e. The molecule has 1 rings (SSSR count). The van der Waals surface area contributed by atoms with Gasteiger partial charge >= 0.3 is 0 Å². The minimum Gasteiger partial charge on any atom is -0.389 e. The number of anilines is 1. The second kappa shape index (κ2) is 7.39. The van der Waals surface area contributed by atoms with E-state index in [9.17, 15) is 5.11 Å². The molecule has 0 saturated carbocycles. The van der Waals surface area contributed by atoms with Crippen molar-refractivity contribution >= 4 is 5.69 Å². The van der Waals surface area contributed by atoms with Gasteiger partial charge in [-0.25, -0.2) is 0 Å². The van der Waals surface area contributed by atoms with Crippen LogP contribution >= 0.6 is 0 Å². The van der Waals surface area contributed by atoms with Crippen molar-refractivity contribution in [2.45, 2.75) is 26.4 Å². The molecule has 0 aliphatic heterocycles. The summed E-state index contributed by atoms with van der Waals surface area (Å²) in [6.45, 7) is 7.05. The first-order valence-electron chi connectivity index (χ1n) is 6.73. The lowest BCUT2D eigenvalue weighted by Crippen LogP contribution is -2.33. The molecule has 0 unspecified atom stereocenters. The van der Waals surface area contributed by atoms with Crippen molar-refractivity contribution in [3.63, 3.8) is 0 Å². The molecule has 0 aliphatic carbocycles. The van der Waals surface area contributed by atoms with E-state index in [-0.39, 0.29) is 0 Å². The first-order valence-corrected chi connectivity index (χ1v) is 6.73. The minimum absolute atomic E-state index is 0.417. The zero-order valence-electron chi connectivity index (χ0n) is 12.1. The van der Waals surface area contributed by atoms with Crippen LogP contribution in [0, 0.1) is 0 Å². The van der Waals surface area contributed by atoms with Gasteiger partial charge in [0.2, 0.25) is 0 Å².